The van der Waals surface area contributed by atoms with E-state index in [4.69, 9.17) is 0 Å². The topological polar surface area (TPSA) is 15.3 Å². The van der Waals surface area contributed by atoms with Crippen molar-refractivity contribution in [3.8, 4) is 0 Å². The summed E-state index contributed by atoms with van der Waals surface area (Å²) < 4.78 is 1.65. The molecule has 0 unspecified atom stereocenters. The molecule has 1 aliphatic heterocycles. The van der Waals surface area contributed by atoms with Crippen LogP contribution in [0.3, 0.4) is 0 Å². The summed E-state index contributed by atoms with van der Waals surface area (Å²) in [4.78, 5) is 1.23. The van der Waals surface area contributed by atoms with E-state index in [9.17, 15) is 0 Å². The van der Waals surface area contributed by atoms with Crippen molar-refractivity contribution in [2.45, 2.75) is 6.92 Å². The SMILES string of the molecule is CC1=CNN(S)S1. The van der Waals surface area contributed by atoms with Crippen molar-refractivity contribution in [3.63, 3.8) is 0 Å². The molecule has 7 heavy (non-hydrogen) atoms. The lowest BCUT2D eigenvalue weighted by atomic mass is 10.7. The van der Waals surface area contributed by atoms with Gasteiger partial charge < -0.3 is 5.43 Å². The summed E-state index contributed by atoms with van der Waals surface area (Å²) in [6.45, 7) is 2.02. The molecule has 0 aromatic carbocycles. The van der Waals surface area contributed by atoms with Crippen LogP contribution in [0, 0.1) is 0 Å². The van der Waals surface area contributed by atoms with Crippen LogP contribution in [0.5, 0.6) is 0 Å². The highest BCUT2D eigenvalue weighted by molar-refractivity contribution is 8.08. The molecule has 0 aromatic rings. The smallest absolute Gasteiger partial charge is 0.0252 e. The Bertz CT molecular complexity index is 101. The number of nitrogens with one attached hydrogen (secondary N) is 1. The third kappa shape index (κ3) is 1.29. The van der Waals surface area contributed by atoms with Crippen molar-refractivity contribution in [2.75, 3.05) is 0 Å². The number of thiol groups is 1. The van der Waals surface area contributed by atoms with Crippen LogP contribution in [-0.4, -0.2) is 3.82 Å². The molecular weight excluding hydrogens is 128 g/mol. The Balaban J connectivity index is 2.42. The van der Waals surface area contributed by atoms with E-state index in [2.05, 4.69) is 18.2 Å². The maximum Gasteiger partial charge on any atom is 0.0252 e. The number of hydrazine groups is 1. The zero-order valence-corrected chi connectivity index (χ0v) is 5.59. The van der Waals surface area contributed by atoms with Crippen LogP contribution in [0.1, 0.15) is 6.92 Å². The molecule has 1 N–H and O–H groups in total. The largest absolute Gasteiger partial charge is 0.306 e. The van der Waals surface area contributed by atoms with Gasteiger partial charge in [-0.05, 0) is 18.9 Å². The van der Waals surface area contributed by atoms with Gasteiger partial charge in [0.25, 0.3) is 0 Å². The molecule has 1 heterocycles. The van der Waals surface area contributed by atoms with E-state index in [1.54, 1.807) is 15.8 Å². The van der Waals surface area contributed by atoms with E-state index in [0.29, 0.717) is 0 Å². The van der Waals surface area contributed by atoms with Crippen LogP contribution in [-0.2, 0) is 0 Å². The van der Waals surface area contributed by atoms with Gasteiger partial charge >= 0.3 is 0 Å². The minimum absolute atomic E-state index is 1.23. The predicted molar refractivity (Wildman–Crippen MR) is 35.3 cm³/mol. The number of allylic oxidation sites excluding steroid dienone is 1. The van der Waals surface area contributed by atoms with Gasteiger partial charge in [0.05, 0.1) is 0 Å². The first-order valence-electron chi connectivity index (χ1n) is 1.89. The highest BCUT2D eigenvalue weighted by Gasteiger charge is 2.04. The second kappa shape index (κ2) is 1.98. The van der Waals surface area contributed by atoms with E-state index in [1.165, 1.54) is 4.91 Å². The fourth-order valence-electron chi connectivity index (χ4n) is 0.335. The predicted octanol–water partition coefficient (Wildman–Crippen LogP) is 1.16. The van der Waals surface area contributed by atoms with Gasteiger partial charge in [0.2, 0.25) is 0 Å². The van der Waals surface area contributed by atoms with Crippen molar-refractivity contribution in [3.05, 3.63) is 11.1 Å². The van der Waals surface area contributed by atoms with E-state index >= 15 is 0 Å². The molecule has 0 spiro atoms. The Labute approximate surface area is 52.6 Å². The zero-order chi connectivity index (χ0) is 5.28. The molecule has 40 valence electrons. The third-order valence-corrected chi connectivity index (χ3v) is 1.65. The van der Waals surface area contributed by atoms with Crippen LogP contribution in [0.4, 0.5) is 0 Å². The normalized spacial score (nSPS) is 21.7. The second-order valence-corrected chi connectivity index (χ2v) is 3.11. The molecule has 4 heteroatoms. The molecular formula is C3H6N2S2. The van der Waals surface area contributed by atoms with Gasteiger partial charge in [-0.25, -0.2) is 0 Å². The minimum atomic E-state index is 1.23. The van der Waals surface area contributed by atoms with Gasteiger partial charge in [-0.2, -0.15) is 0 Å². The molecule has 0 saturated carbocycles. The average Bonchev–Trinajstić information content (AvgIpc) is 1.87. The number of hydrogen-bond acceptors (Lipinski definition) is 4. The summed E-state index contributed by atoms with van der Waals surface area (Å²) in [5, 5.41) is 0. The molecule has 2 nitrogen and oxygen atoms in total. The molecule has 1 rings (SSSR count). The molecule has 0 bridgehead atoms. The van der Waals surface area contributed by atoms with E-state index < -0.39 is 0 Å². The fourth-order valence-corrected chi connectivity index (χ4v) is 1.26. The van der Waals surface area contributed by atoms with Crippen LogP contribution in [0.15, 0.2) is 11.1 Å². The van der Waals surface area contributed by atoms with Gasteiger partial charge in [0, 0.05) is 11.1 Å². The average molecular weight is 134 g/mol. The van der Waals surface area contributed by atoms with Gasteiger partial charge in [0.1, 0.15) is 0 Å². The van der Waals surface area contributed by atoms with Crippen molar-refractivity contribution < 1.29 is 0 Å². The summed E-state index contributed by atoms with van der Waals surface area (Å²) in [5.74, 6) is 0. The van der Waals surface area contributed by atoms with Crippen LogP contribution in [0.25, 0.3) is 0 Å². The second-order valence-electron chi connectivity index (χ2n) is 1.25. The summed E-state index contributed by atoms with van der Waals surface area (Å²) in [5.41, 5.74) is 2.87. The van der Waals surface area contributed by atoms with Crippen LogP contribution >= 0.6 is 24.8 Å². The van der Waals surface area contributed by atoms with E-state index in [-0.39, 0.29) is 0 Å². The summed E-state index contributed by atoms with van der Waals surface area (Å²) in [7, 11) is 0. The van der Waals surface area contributed by atoms with Crippen molar-refractivity contribution >= 4 is 24.8 Å². The molecule has 0 fully saturated rings. The first-order chi connectivity index (χ1) is 3.29. The maximum absolute atomic E-state index is 3.98. The minimum Gasteiger partial charge on any atom is -0.306 e. The van der Waals surface area contributed by atoms with Gasteiger partial charge in [-0.3, -0.25) is 0 Å². The van der Waals surface area contributed by atoms with Gasteiger partial charge in [-0.1, -0.05) is 12.8 Å². The first kappa shape index (κ1) is 5.34. The highest BCUT2D eigenvalue weighted by Crippen LogP contribution is 2.23. The number of nitrogens with zero attached hydrogens (tertiary/aromatic N) is 1. The maximum atomic E-state index is 3.98. The van der Waals surface area contributed by atoms with Crippen molar-refractivity contribution in [1.82, 2.24) is 9.25 Å². The van der Waals surface area contributed by atoms with Crippen LogP contribution in [0.2, 0.25) is 0 Å². The highest BCUT2D eigenvalue weighted by atomic mass is 32.2. The lowest BCUT2D eigenvalue weighted by Crippen LogP contribution is -2.10. The van der Waals surface area contributed by atoms with Gasteiger partial charge in [-0.15, -0.1) is 3.82 Å². The standard InChI is InChI=1S/C3H6N2S2/c1-3-2-4-5(6)7-3/h2,4,6H,1H3. The lowest BCUT2D eigenvalue weighted by Gasteiger charge is -2.01. The van der Waals surface area contributed by atoms with Crippen molar-refractivity contribution in [2.24, 2.45) is 0 Å². The van der Waals surface area contributed by atoms with Crippen LogP contribution < -0.4 is 5.43 Å². The van der Waals surface area contributed by atoms with Gasteiger partial charge in [0.15, 0.2) is 0 Å². The van der Waals surface area contributed by atoms with E-state index in [1.807, 2.05) is 13.1 Å². The summed E-state index contributed by atoms with van der Waals surface area (Å²) in [6.07, 6.45) is 1.90. The monoisotopic (exact) mass is 134 g/mol. The quantitative estimate of drug-likeness (QED) is 0.382. The molecule has 0 saturated heterocycles. The molecule has 1 aliphatic rings. The third-order valence-electron chi connectivity index (χ3n) is 0.609. The first-order valence-corrected chi connectivity index (χ1v) is 3.06. The number of rotatable bonds is 0. The molecule has 0 atom stereocenters. The Morgan fingerprint density at radius 1 is 2.00 bits per heavy atom. The molecule has 0 aliphatic carbocycles. The van der Waals surface area contributed by atoms with Crippen molar-refractivity contribution in [1.29, 1.82) is 0 Å². The number of hydrogen-bond donors (Lipinski definition) is 2. The zero-order valence-electron chi connectivity index (χ0n) is 3.88. The Hall–Kier alpha value is 0.200. The summed E-state index contributed by atoms with van der Waals surface area (Å²) >= 11 is 5.55. The molecule has 0 aromatic heterocycles. The Morgan fingerprint density at radius 2 is 2.71 bits per heavy atom. The lowest BCUT2D eigenvalue weighted by molar-refractivity contribution is 0.675. The Kier molecular flexibility index (Phi) is 1.51. The van der Waals surface area contributed by atoms with E-state index in [0.717, 1.165) is 0 Å². The fraction of sp³-hybridized carbons (Fsp3) is 0.333. The molecule has 0 radical (unpaired) electrons. The Morgan fingerprint density at radius 3 is 2.86 bits per heavy atom. The summed E-state index contributed by atoms with van der Waals surface area (Å²) in [6, 6.07) is 0. The molecule has 0 amide bonds.